The number of rotatable bonds is 6. The van der Waals surface area contributed by atoms with Gasteiger partial charge in [0.2, 0.25) is 0 Å². The van der Waals surface area contributed by atoms with Crippen molar-refractivity contribution < 1.29 is 9.47 Å². The quantitative estimate of drug-likeness (QED) is 0.790. The molecule has 0 aromatic carbocycles. The summed E-state index contributed by atoms with van der Waals surface area (Å²) in [5.41, 5.74) is 0. The van der Waals surface area contributed by atoms with E-state index in [0.29, 0.717) is 6.04 Å². The van der Waals surface area contributed by atoms with Gasteiger partial charge < -0.3 is 14.8 Å². The summed E-state index contributed by atoms with van der Waals surface area (Å²) in [4.78, 5) is 2.59. The lowest BCUT2D eigenvalue weighted by Crippen LogP contribution is -2.43. The monoisotopic (exact) mass is 278 g/mol. The molecule has 0 bridgehead atoms. The molecule has 1 unspecified atom stereocenters. The smallest absolute Gasteiger partial charge is 0.0622 e. The molecule has 5 heteroatoms. The molecule has 2 aliphatic heterocycles. The summed E-state index contributed by atoms with van der Waals surface area (Å²) in [5.74, 6) is 0.855. The molecule has 1 N–H and O–H groups in total. The zero-order chi connectivity index (χ0) is 11.9. The van der Waals surface area contributed by atoms with Crippen molar-refractivity contribution in [2.75, 3.05) is 53.1 Å². The number of piperidine rings is 1. The standard InChI is InChI=1S/C13H26N2O2.ClH/c1-16-9-7-15(13-4-8-17-11-13)10-12-2-5-14-6-3-12;/h12-14H,2-11H2,1H3;1H. The highest BCUT2D eigenvalue weighted by Gasteiger charge is 2.25. The molecule has 18 heavy (non-hydrogen) atoms. The van der Waals surface area contributed by atoms with Crippen LogP contribution in [0, 0.1) is 5.92 Å². The van der Waals surface area contributed by atoms with Crippen LogP contribution in [0.3, 0.4) is 0 Å². The second-order valence-electron chi connectivity index (χ2n) is 5.20. The minimum atomic E-state index is 0. The van der Waals surface area contributed by atoms with Gasteiger partial charge in [0.05, 0.1) is 13.2 Å². The predicted octanol–water partition coefficient (Wildman–Crippen LogP) is 1.15. The lowest BCUT2D eigenvalue weighted by Gasteiger charge is -2.33. The fraction of sp³-hybridized carbons (Fsp3) is 1.00. The molecule has 0 amide bonds. The highest BCUT2D eigenvalue weighted by Crippen LogP contribution is 2.18. The maximum absolute atomic E-state index is 5.51. The number of hydrogen-bond donors (Lipinski definition) is 1. The van der Waals surface area contributed by atoms with Gasteiger partial charge in [0.1, 0.15) is 0 Å². The summed E-state index contributed by atoms with van der Waals surface area (Å²) in [7, 11) is 1.79. The third kappa shape index (κ3) is 5.02. The van der Waals surface area contributed by atoms with Gasteiger partial charge in [0.15, 0.2) is 0 Å². The van der Waals surface area contributed by atoms with Crippen molar-refractivity contribution in [1.82, 2.24) is 10.2 Å². The van der Waals surface area contributed by atoms with Gasteiger partial charge >= 0.3 is 0 Å². The molecule has 0 spiro atoms. The van der Waals surface area contributed by atoms with E-state index in [1.165, 1.54) is 38.9 Å². The van der Waals surface area contributed by atoms with Crippen LogP contribution in [0.2, 0.25) is 0 Å². The van der Waals surface area contributed by atoms with Crippen molar-refractivity contribution in [3.63, 3.8) is 0 Å². The summed E-state index contributed by atoms with van der Waals surface area (Å²) in [6, 6.07) is 0.625. The number of hydrogen-bond acceptors (Lipinski definition) is 4. The van der Waals surface area contributed by atoms with Gasteiger partial charge in [-0.15, -0.1) is 12.4 Å². The Morgan fingerprint density at radius 3 is 2.67 bits per heavy atom. The van der Waals surface area contributed by atoms with Gasteiger partial charge in [-0.2, -0.15) is 0 Å². The van der Waals surface area contributed by atoms with Crippen LogP contribution in [0.4, 0.5) is 0 Å². The summed E-state index contributed by atoms with van der Waals surface area (Å²) < 4.78 is 10.7. The number of ether oxygens (including phenoxy) is 2. The van der Waals surface area contributed by atoms with Gasteiger partial charge in [0, 0.05) is 32.8 Å². The molecule has 1 atom stereocenters. The van der Waals surface area contributed by atoms with Gasteiger partial charge in [-0.25, -0.2) is 0 Å². The highest BCUT2D eigenvalue weighted by molar-refractivity contribution is 5.85. The number of halogens is 1. The van der Waals surface area contributed by atoms with E-state index in [1.54, 1.807) is 7.11 Å². The maximum atomic E-state index is 5.51. The second-order valence-corrected chi connectivity index (χ2v) is 5.20. The van der Waals surface area contributed by atoms with Crippen molar-refractivity contribution in [3.05, 3.63) is 0 Å². The summed E-state index contributed by atoms with van der Waals surface area (Å²) in [6.45, 7) is 7.32. The van der Waals surface area contributed by atoms with Gasteiger partial charge in [-0.3, -0.25) is 4.90 Å². The van der Waals surface area contributed by atoms with Crippen LogP contribution in [-0.4, -0.2) is 64.1 Å². The zero-order valence-corrected chi connectivity index (χ0v) is 12.2. The molecule has 0 saturated carbocycles. The van der Waals surface area contributed by atoms with Crippen molar-refractivity contribution >= 4 is 12.4 Å². The summed E-state index contributed by atoms with van der Waals surface area (Å²) in [5, 5.41) is 3.43. The molecule has 2 fully saturated rings. The molecule has 0 aromatic heterocycles. The van der Waals surface area contributed by atoms with E-state index in [-0.39, 0.29) is 12.4 Å². The van der Waals surface area contributed by atoms with E-state index in [9.17, 15) is 0 Å². The normalized spacial score (nSPS) is 25.3. The van der Waals surface area contributed by atoms with Crippen molar-refractivity contribution in [2.24, 2.45) is 5.92 Å². The molecule has 0 aromatic rings. The van der Waals surface area contributed by atoms with Gasteiger partial charge in [0.25, 0.3) is 0 Å². The van der Waals surface area contributed by atoms with Gasteiger partial charge in [-0.1, -0.05) is 0 Å². The average molecular weight is 279 g/mol. The van der Waals surface area contributed by atoms with E-state index in [1.807, 2.05) is 0 Å². The molecule has 2 aliphatic rings. The van der Waals surface area contributed by atoms with Crippen molar-refractivity contribution in [2.45, 2.75) is 25.3 Å². The minimum absolute atomic E-state index is 0. The first-order valence-corrected chi connectivity index (χ1v) is 6.91. The van der Waals surface area contributed by atoms with E-state index in [2.05, 4.69) is 10.2 Å². The molecule has 0 radical (unpaired) electrons. The topological polar surface area (TPSA) is 33.7 Å². The van der Waals surface area contributed by atoms with Crippen LogP contribution in [0.25, 0.3) is 0 Å². The van der Waals surface area contributed by atoms with Crippen LogP contribution >= 0.6 is 12.4 Å². The summed E-state index contributed by atoms with van der Waals surface area (Å²) >= 11 is 0. The Bertz CT molecular complexity index is 207. The highest BCUT2D eigenvalue weighted by atomic mass is 35.5. The molecule has 0 aliphatic carbocycles. The van der Waals surface area contributed by atoms with Crippen LogP contribution in [0.5, 0.6) is 0 Å². The molecule has 2 heterocycles. The van der Waals surface area contributed by atoms with Crippen LogP contribution in [0.1, 0.15) is 19.3 Å². The first-order valence-electron chi connectivity index (χ1n) is 6.91. The van der Waals surface area contributed by atoms with E-state index in [4.69, 9.17) is 9.47 Å². The fourth-order valence-electron chi connectivity index (χ4n) is 2.84. The maximum Gasteiger partial charge on any atom is 0.0622 e. The largest absolute Gasteiger partial charge is 0.383 e. The third-order valence-electron chi connectivity index (χ3n) is 3.96. The van der Waals surface area contributed by atoms with Crippen LogP contribution < -0.4 is 5.32 Å². The molecular weight excluding hydrogens is 252 g/mol. The molecular formula is C13H27ClN2O2. The Morgan fingerprint density at radius 1 is 1.28 bits per heavy atom. The SMILES string of the molecule is COCCN(CC1CCNCC1)C1CCOC1.Cl. The average Bonchev–Trinajstić information content (AvgIpc) is 2.89. The number of nitrogens with one attached hydrogen (secondary N) is 1. The molecule has 4 nitrogen and oxygen atoms in total. The Hall–Kier alpha value is 0.130. The van der Waals surface area contributed by atoms with Crippen molar-refractivity contribution in [1.29, 1.82) is 0 Å². The summed E-state index contributed by atoms with van der Waals surface area (Å²) in [6.07, 6.45) is 3.82. The lowest BCUT2D eigenvalue weighted by atomic mass is 9.97. The third-order valence-corrected chi connectivity index (χ3v) is 3.96. The second kappa shape index (κ2) is 9.10. The Labute approximate surface area is 117 Å². The van der Waals surface area contributed by atoms with E-state index in [0.717, 1.165) is 32.3 Å². The molecule has 2 saturated heterocycles. The van der Waals surface area contributed by atoms with E-state index >= 15 is 0 Å². The lowest BCUT2D eigenvalue weighted by molar-refractivity contribution is 0.0883. The number of methoxy groups -OCH3 is 1. The Balaban J connectivity index is 0.00000162. The first-order chi connectivity index (χ1) is 8.40. The van der Waals surface area contributed by atoms with Gasteiger partial charge in [-0.05, 0) is 38.3 Å². The minimum Gasteiger partial charge on any atom is -0.383 e. The Kier molecular flexibility index (Phi) is 8.18. The Morgan fingerprint density at radius 2 is 2.06 bits per heavy atom. The molecule has 108 valence electrons. The zero-order valence-electron chi connectivity index (χ0n) is 11.4. The van der Waals surface area contributed by atoms with Crippen LogP contribution in [-0.2, 0) is 9.47 Å². The number of nitrogens with zero attached hydrogens (tertiary/aromatic N) is 1. The molecule has 2 rings (SSSR count). The van der Waals surface area contributed by atoms with E-state index < -0.39 is 0 Å². The first kappa shape index (κ1) is 16.2. The predicted molar refractivity (Wildman–Crippen MR) is 75.5 cm³/mol. The fourth-order valence-corrected chi connectivity index (χ4v) is 2.84. The van der Waals surface area contributed by atoms with Crippen LogP contribution in [0.15, 0.2) is 0 Å². The van der Waals surface area contributed by atoms with Crippen molar-refractivity contribution in [3.8, 4) is 0 Å².